The number of primary amides is 1. The zero-order valence-electron chi connectivity index (χ0n) is 5.96. The molecule has 0 saturated carbocycles. The average Bonchev–Trinajstić information content (AvgIpc) is 2.34. The standard InChI is InChI=1S/C6H12N2OS/c1-10-4-2-5(6(7)9)8-3-4/h4-5,8H,2-3H2,1H3,(H2,7,9). The summed E-state index contributed by atoms with van der Waals surface area (Å²) in [6, 6.07) is -0.0857. The molecule has 0 aliphatic carbocycles. The molecule has 0 aromatic carbocycles. The van der Waals surface area contributed by atoms with Gasteiger partial charge in [0.2, 0.25) is 5.91 Å². The lowest BCUT2D eigenvalue weighted by atomic mass is 10.2. The molecular formula is C6H12N2OS. The molecule has 1 aliphatic rings. The van der Waals surface area contributed by atoms with Gasteiger partial charge in [0.15, 0.2) is 0 Å². The highest BCUT2D eigenvalue weighted by Gasteiger charge is 2.26. The Balaban J connectivity index is 2.35. The first-order chi connectivity index (χ1) is 4.74. The molecule has 0 radical (unpaired) electrons. The number of amides is 1. The highest BCUT2D eigenvalue weighted by Crippen LogP contribution is 2.17. The monoisotopic (exact) mass is 160 g/mol. The first-order valence-corrected chi connectivity index (χ1v) is 4.58. The van der Waals surface area contributed by atoms with Gasteiger partial charge in [-0.05, 0) is 12.7 Å². The van der Waals surface area contributed by atoms with E-state index in [0.29, 0.717) is 5.25 Å². The Bertz CT molecular complexity index is 140. The molecule has 4 heteroatoms. The van der Waals surface area contributed by atoms with Gasteiger partial charge in [-0.2, -0.15) is 11.8 Å². The van der Waals surface area contributed by atoms with Crippen molar-refractivity contribution in [3.8, 4) is 0 Å². The summed E-state index contributed by atoms with van der Waals surface area (Å²) in [4.78, 5) is 10.6. The average molecular weight is 160 g/mol. The number of hydrogen-bond donors (Lipinski definition) is 2. The minimum absolute atomic E-state index is 0.0857. The second kappa shape index (κ2) is 3.25. The largest absolute Gasteiger partial charge is 0.368 e. The van der Waals surface area contributed by atoms with Gasteiger partial charge in [-0.3, -0.25) is 4.79 Å². The summed E-state index contributed by atoms with van der Waals surface area (Å²) in [5.41, 5.74) is 5.10. The Labute approximate surface area is 64.7 Å². The maximum atomic E-state index is 10.6. The molecule has 0 bridgehead atoms. The Morgan fingerprint density at radius 2 is 2.50 bits per heavy atom. The smallest absolute Gasteiger partial charge is 0.234 e. The predicted octanol–water partition coefficient (Wildman–Crippen LogP) is -0.435. The van der Waals surface area contributed by atoms with Crippen molar-refractivity contribution in [2.45, 2.75) is 17.7 Å². The van der Waals surface area contributed by atoms with Crippen molar-refractivity contribution in [3.05, 3.63) is 0 Å². The molecule has 1 saturated heterocycles. The fourth-order valence-corrected chi connectivity index (χ4v) is 1.75. The van der Waals surface area contributed by atoms with Crippen LogP contribution < -0.4 is 11.1 Å². The molecule has 2 unspecified atom stereocenters. The molecule has 1 rings (SSSR count). The minimum atomic E-state index is -0.225. The van der Waals surface area contributed by atoms with E-state index >= 15 is 0 Å². The van der Waals surface area contributed by atoms with Gasteiger partial charge in [-0.1, -0.05) is 0 Å². The van der Waals surface area contributed by atoms with E-state index in [-0.39, 0.29) is 11.9 Å². The van der Waals surface area contributed by atoms with Gasteiger partial charge in [0.05, 0.1) is 6.04 Å². The molecule has 0 aromatic rings. The van der Waals surface area contributed by atoms with Crippen LogP contribution in [0.25, 0.3) is 0 Å². The number of nitrogens with one attached hydrogen (secondary N) is 1. The van der Waals surface area contributed by atoms with Gasteiger partial charge < -0.3 is 11.1 Å². The summed E-state index contributed by atoms with van der Waals surface area (Å²) in [5, 5.41) is 3.63. The van der Waals surface area contributed by atoms with Crippen molar-refractivity contribution in [2.24, 2.45) is 5.73 Å². The molecule has 1 aliphatic heterocycles. The fourth-order valence-electron chi connectivity index (χ4n) is 1.10. The van der Waals surface area contributed by atoms with Crippen LogP contribution in [-0.4, -0.2) is 30.0 Å². The summed E-state index contributed by atoms with van der Waals surface area (Å²) in [6.45, 7) is 0.911. The highest BCUT2D eigenvalue weighted by atomic mass is 32.2. The highest BCUT2D eigenvalue weighted by molar-refractivity contribution is 7.99. The number of rotatable bonds is 2. The van der Waals surface area contributed by atoms with Crippen molar-refractivity contribution < 1.29 is 4.79 Å². The molecule has 0 aromatic heterocycles. The van der Waals surface area contributed by atoms with E-state index in [9.17, 15) is 4.79 Å². The zero-order chi connectivity index (χ0) is 7.56. The summed E-state index contributed by atoms with van der Waals surface area (Å²) in [5.74, 6) is -0.225. The van der Waals surface area contributed by atoms with Crippen LogP contribution in [0.1, 0.15) is 6.42 Å². The van der Waals surface area contributed by atoms with E-state index < -0.39 is 0 Å². The second-order valence-corrected chi connectivity index (χ2v) is 3.59. The lowest BCUT2D eigenvalue weighted by Gasteiger charge is -2.03. The maximum absolute atomic E-state index is 10.6. The van der Waals surface area contributed by atoms with Gasteiger partial charge in [-0.25, -0.2) is 0 Å². The molecule has 10 heavy (non-hydrogen) atoms. The van der Waals surface area contributed by atoms with Crippen molar-refractivity contribution >= 4 is 17.7 Å². The predicted molar refractivity (Wildman–Crippen MR) is 42.9 cm³/mol. The Hall–Kier alpha value is -0.220. The number of thioether (sulfide) groups is 1. The molecule has 0 spiro atoms. The van der Waals surface area contributed by atoms with Crippen LogP contribution in [-0.2, 0) is 4.79 Å². The normalized spacial score (nSPS) is 32.5. The van der Waals surface area contributed by atoms with Crippen molar-refractivity contribution in [1.29, 1.82) is 0 Å². The van der Waals surface area contributed by atoms with Crippen molar-refractivity contribution in [2.75, 3.05) is 12.8 Å². The van der Waals surface area contributed by atoms with Crippen LogP contribution >= 0.6 is 11.8 Å². The van der Waals surface area contributed by atoms with Crippen LogP contribution in [0.5, 0.6) is 0 Å². The van der Waals surface area contributed by atoms with Gasteiger partial charge >= 0.3 is 0 Å². The third-order valence-corrected chi connectivity index (χ3v) is 2.79. The molecule has 2 atom stereocenters. The molecule has 3 nitrogen and oxygen atoms in total. The summed E-state index contributed by atoms with van der Waals surface area (Å²) < 4.78 is 0. The van der Waals surface area contributed by atoms with E-state index in [4.69, 9.17) is 5.73 Å². The quantitative estimate of drug-likeness (QED) is 0.576. The number of carbonyl (C=O) groups is 1. The van der Waals surface area contributed by atoms with Crippen LogP contribution in [0.3, 0.4) is 0 Å². The molecular weight excluding hydrogens is 148 g/mol. The maximum Gasteiger partial charge on any atom is 0.234 e. The third-order valence-electron chi connectivity index (χ3n) is 1.77. The van der Waals surface area contributed by atoms with E-state index in [1.807, 2.05) is 0 Å². The molecule has 1 amide bonds. The summed E-state index contributed by atoms with van der Waals surface area (Å²) >= 11 is 1.78. The fraction of sp³-hybridized carbons (Fsp3) is 0.833. The summed E-state index contributed by atoms with van der Waals surface area (Å²) in [6.07, 6.45) is 2.94. The topological polar surface area (TPSA) is 55.1 Å². The Morgan fingerprint density at radius 1 is 1.80 bits per heavy atom. The van der Waals surface area contributed by atoms with E-state index in [2.05, 4.69) is 11.6 Å². The Morgan fingerprint density at radius 3 is 2.80 bits per heavy atom. The number of nitrogens with two attached hydrogens (primary N) is 1. The van der Waals surface area contributed by atoms with Crippen molar-refractivity contribution in [1.82, 2.24) is 5.32 Å². The molecule has 58 valence electrons. The van der Waals surface area contributed by atoms with Gasteiger partial charge in [0.1, 0.15) is 0 Å². The van der Waals surface area contributed by atoms with Crippen LogP contribution in [0.15, 0.2) is 0 Å². The molecule has 3 N–H and O–H groups in total. The first-order valence-electron chi connectivity index (χ1n) is 3.29. The van der Waals surface area contributed by atoms with Crippen LogP contribution in [0.2, 0.25) is 0 Å². The van der Waals surface area contributed by atoms with Crippen molar-refractivity contribution in [3.63, 3.8) is 0 Å². The van der Waals surface area contributed by atoms with Crippen LogP contribution in [0.4, 0.5) is 0 Å². The minimum Gasteiger partial charge on any atom is -0.368 e. The second-order valence-electron chi connectivity index (χ2n) is 2.46. The lowest BCUT2D eigenvalue weighted by molar-refractivity contribution is -0.119. The van der Waals surface area contributed by atoms with Crippen LogP contribution in [0, 0.1) is 0 Å². The van der Waals surface area contributed by atoms with E-state index in [1.54, 1.807) is 11.8 Å². The zero-order valence-corrected chi connectivity index (χ0v) is 6.78. The van der Waals surface area contributed by atoms with Gasteiger partial charge in [0.25, 0.3) is 0 Å². The Kier molecular flexibility index (Phi) is 2.56. The molecule has 1 fully saturated rings. The lowest BCUT2D eigenvalue weighted by Crippen LogP contribution is -2.36. The summed E-state index contributed by atoms with van der Waals surface area (Å²) in [7, 11) is 0. The van der Waals surface area contributed by atoms with E-state index in [0.717, 1.165) is 13.0 Å². The van der Waals surface area contributed by atoms with Gasteiger partial charge in [-0.15, -0.1) is 0 Å². The van der Waals surface area contributed by atoms with Gasteiger partial charge in [0, 0.05) is 11.8 Å². The third kappa shape index (κ3) is 1.64. The number of hydrogen-bond acceptors (Lipinski definition) is 3. The molecule has 1 heterocycles. The SMILES string of the molecule is CSC1CNC(C(N)=O)C1. The number of carbonyl (C=O) groups excluding carboxylic acids is 1. The first kappa shape index (κ1) is 7.88. The van der Waals surface area contributed by atoms with E-state index in [1.165, 1.54) is 0 Å².